The van der Waals surface area contributed by atoms with Crippen molar-refractivity contribution in [3.8, 4) is 6.07 Å². The van der Waals surface area contributed by atoms with Crippen LogP contribution >= 0.6 is 0 Å². The molecule has 5 nitrogen and oxygen atoms in total. The Hall–Kier alpha value is -1.87. The quantitative estimate of drug-likeness (QED) is 0.766. The fourth-order valence-electron chi connectivity index (χ4n) is 2.24. The average molecular weight is 336 g/mol. The van der Waals surface area contributed by atoms with Gasteiger partial charge in [0.05, 0.1) is 17.4 Å². The number of rotatable bonds is 7. The molecule has 1 atom stereocenters. The number of hydrogen-bond donors (Lipinski definition) is 0. The van der Waals surface area contributed by atoms with Gasteiger partial charge in [0.1, 0.15) is 5.25 Å². The lowest BCUT2D eigenvalue weighted by molar-refractivity contribution is -0.132. The fourth-order valence-corrected chi connectivity index (χ4v) is 3.61. The number of amides is 1. The number of carbonyl (C=O) groups is 1. The Bertz CT molecular complexity index is 673. The molecule has 23 heavy (non-hydrogen) atoms. The Morgan fingerprint density at radius 3 is 2.22 bits per heavy atom. The summed E-state index contributed by atoms with van der Waals surface area (Å²) in [5.74, 6) is -0.360. The van der Waals surface area contributed by atoms with Crippen LogP contribution in [0.5, 0.6) is 0 Å². The molecule has 6 heteroatoms. The smallest absolute Gasteiger partial charge is 0.241 e. The van der Waals surface area contributed by atoms with Gasteiger partial charge in [-0.2, -0.15) is 5.26 Å². The Morgan fingerprint density at radius 2 is 1.78 bits per heavy atom. The van der Waals surface area contributed by atoms with Gasteiger partial charge in [-0.05, 0) is 44.9 Å². The predicted molar refractivity (Wildman–Crippen MR) is 90.4 cm³/mol. The van der Waals surface area contributed by atoms with E-state index >= 15 is 0 Å². The Labute approximate surface area is 138 Å². The van der Waals surface area contributed by atoms with E-state index < -0.39 is 15.1 Å². The van der Waals surface area contributed by atoms with E-state index in [1.165, 1.54) is 6.92 Å². The summed E-state index contributed by atoms with van der Waals surface area (Å²) in [4.78, 5) is 14.2. The lowest BCUT2D eigenvalue weighted by Crippen LogP contribution is -2.45. The predicted octanol–water partition coefficient (Wildman–Crippen LogP) is 2.51. The topological polar surface area (TPSA) is 78.2 Å². The van der Waals surface area contributed by atoms with Crippen LogP contribution in [0.4, 0.5) is 0 Å². The van der Waals surface area contributed by atoms with Gasteiger partial charge in [-0.3, -0.25) is 4.79 Å². The number of sulfone groups is 1. The first kappa shape index (κ1) is 19.2. The largest absolute Gasteiger partial charge is 0.335 e. The molecule has 0 heterocycles. The van der Waals surface area contributed by atoms with Crippen molar-refractivity contribution in [1.82, 2.24) is 4.90 Å². The minimum absolute atomic E-state index is 0.0166. The Balaban J connectivity index is 2.97. The van der Waals surface area contributed by atoms with Gasteiger partial charge in [-0.25, -0.2) is 8.42 Å². The van der Waals surface area contributed by atoms with Gasteiger partial charge in [0, 0.05) is 12.6 Å². The maximum Gasteiger partial charge on any atom is 0.241 e. The SMILES string of the molecule is CCCS(=O)(=O)[C@H](C)C(=O)N(Cc1ccc(C#N)cc1)C(C)C. The second-order valence-corrected chi connectivity index (χ2v) is 8.32. The highest BCUT2D eigenvalue weighted by atomic mass is 32.2. The molecule has 1 aromatic carbocycles. The van der Waals surface area contributed by atoms with Crippen molar-refractivity contribution < 1.29 is 13.2 Å². The highest BCUT2D eigenvalue weighted by Gasteiger charge is 2.32. The molecule has 0 aliphatic heterocycles. The number of carbonyl (C=O) groups excluding carboxylic acids is 1. The number of nitrogens with zero attached hydrogens (tertiary/aromatic N) is 2. The Morgan fingerprint density at radius 1 is 1.22 bits per heavy atom. The number of nitriles is 1. The molecule has 1 amide bonds. The zero-order valence-corrected chi connectivity index (χ0v) is 14.9. The van der Waals surface area contributed by atoms with Crippen LogP contribution in [0.2, 0.25) is 0 Å². The van der Waals surface area contributed by atoms with Crippen LogP contribution in [-0.4, -0.2) is 36.3 Å². The van der Waals surface area contributed by atoms with Gasteiger partial charge in [0.25, 0.3) is 0 Å². The summed E-state index contributed by atoms with van der Waals surface area (Å²) in [6, 6.07) is 8.88. The zero-order chi connectivity index (χ0) is 17.6. The van der Waals surface area contributed by atoms with E-state index in [9.17, 15) is 13.2 Å². The molecule has 1 aromatic rings. The second kappa shape index (κ2) is 8.11. The first-order chi connectivity index (χ1) is 10.7. The van der Waals surface area contributed by atoms with Crippen LogP contribution in [0, 0.1) is 11.3 Å². The van der Waals surface area contributed by atoms with Crippen LogP contribution < -0.4 is 0 Å². The van der Waals surface area contributed by atoms with Gasteiger partial charge in [0.15, 0.2) is 9.84 Å². The molecule has 0 spiro atoms. The summed E-state index contributed by atoms with van der Waals surface area (Å²) in [6.07, 6.45) is 0.497. The van der Waals surface area contributed by atoms with Crippen LogP contribution in [0.3, 0.4) is 0 Å². The van der Waals surface area contributed by atoms with Gasteiger partial charge in [-0.1, -0.05) is 19.1 Å². The molecule has 0 N–H and O–H groups in total. The lowest BCUT2D eigenvalue weighted by Gasteiger charge is -2.29. The highest BCUT2D eigenvalue weighted by molar-refractivity contribution is 7.92. The molecule has 0 saturated carbocycles. The molecule has 0 aliphatic rings. The highest BCUT2D eigenvalue weighted by Crippen LogP contribution is 2.15. The molecule has 0 aliphatic carbocycles. The molecule has 126 valence electrons. The van der Waals surface area contributed by atoms with Crippen molar-refractivity contribution in [1.29, 1.82) is 5.26 Å². The maximum atomic E-state index is 12.6. The van der Waals surface area contributed by atoms with Crippen molar-refractivity contribution in [2.24, 2.45) is 0 Å². The van der Waals surface area contributed by atoms with Crippen molar-refractivity contribution >= 4 is 15.7 Å². The number of hydrogen-bond acceptors (Lipinski definition) is 4. The van der Waals surface area contributed by atoms with E-state index in [0.29, 0.717) is 18.5 Å². The first-order valence-corrected chi connectivity index (χ1v) is 9.45. The summed E-state index contributed by atoms with van der Waals surface area (Å²) in [5.41, 5.74) is 1.42. The van der Waals surface area contributed by atoms with E-state index in [0.717, 1.165) is 5.56 Å². The molecular formula is C17H24N2O3S. The fraction of sp³-hybridized carbons (Fsp3) is 0.529. The molecule has 0 aromatic heterocycles. The maximum absolute atomic E-state index is 12.6. The minimum Gasteiger partial charge on any atom is -0.335 e. The van der Waals surface area contributed by atoms with Crippen LogP contribution in [0.15, 0.2) is 24.3 Å². The standard InChI is InChI=1S/C17H24N2O3S/c1-5-10-23(21,22)14(4)17(20)19(13(2)3)12-16-8-6-15(11-18)7-9-16/h6-9,13-14H,5,10,12H2,1-4H3/t14-/m1/s1. The summed E-state index contributed by atoms with van der Waals surface area (Å²) >= 11 is 0. The van der Waals surface area contributed by atoms with E-state index in [1.807, 2.05) is 19.9 Å². The molecule has 0 unspecified atom stereocenters. The third kappa shape index (κ3) is 5.07. The summed E-state index contributed by atoms with van der Waals surface area (Å²) in [5, 5.41) is 7.78. The summed E-state index contributed by atoms with van der Waals surface area (Å²) in [6.45, 7) is 7.29. The third-order valence-electron chi connectivity index (χ3n) is 3.72. The minimum atomic E-state index is -3.43. The lowest BCUT2D eigenvalue weighted by atomic mass is 10.1. The van der Waals surface area contributed by atoms with E-state index in [4.69, 9.17) is 5.26 Å². The van der Waals surface area contributed by atoms with Gasteiger partial charge >= 0.3 is 0 Å². The molecule has 0 radical (unpaired) electrons. The van der Waals surface area contributed by atoms with Crippen LogP contribution in [0.1, 0.15) is 45.2 Å². The molecule has 1 rings (SSSR count). The van der Waals surface area contributed by atoms with Crippen molar-refractivity contribution in [3.63, 3.8) is 0 Å². The van der Waals surface area contributed by atoms with Crippen molar-refractivity contribution in [3.05, 3.63) is 35.4 Å². The summed E-state index contributed by atoms with van der Waals surface area (Å²) < 4.78 is 24.3. The third-order valence-corrected chi connectivity index (χ3v) is 5.97. The molecule has 0 fully saturated rings. The monoisotopic (exact) mass is 336 g/mol. The van der Waals surface area contributed by atoms with Gasteiger partial charge < -0.3 is 4.90 Å². The average Bonchev–Trinajstić information content (AvgIpc) is 2.51. The van der Waals surface area contributed by atoms with Crippen molar-refractivity contribution in [2.45, 2.75) is 52.0 Å². The molecule has 0 saturated heterocycles. The molecular weight excluding hydrogens is 312 g/mol. The van der Waals surface area contributed by atoms with E-state index in [-0.39, 0.29) is 17.7 Å². The van der Waals surface area contributed by atoms with Crippen molar-refractivity contribution in [2.75, 3.05) is 5.75 Å². The van der Waals surface area contributed by atoms with E-state index in [1.54, 1.807) is 36.1 Å². The summed E-state index contributed by atoms with van der Waals surface area (Å²) in [7, 11) is -3.43. The van der Waals surface area contributed by atoms with Crippen LogP contribution in [0.25, 0.3) is 0 Å². The van der Waals surface area contributed by atoms with E-state index in [2.05, 4.69) is 0 Å². The van der Waals surface area contributed by atoms with Gasteiger partial charge in [-0.15, -0.1) is 0 Å². The zero-order valence-electron chi connectivity index (χ0n) is 14.1. The first-order valence-electron chi connectivity index (χ1n) is 7.74. The Kier molecular flexibility index (Phi) is 6.77. The number of benzene rings is 1. The normalized spacial score (nSPS) is 12.7. The van der Waals surface area contributed by atoms with Gasteiger partial charge in [0.2, 0.25) is 5.91 Å². The van der Waals surface area contributed by atoms with Crippen LogP contribution in [-0.2, 0) is 21.2 Å². The molecule has 0 bridgehead atoms. The second-order valence-electron chi connectivity index (χ2n) is 5.88.